The van der Waals surface area contributed by atoms with Crippen LogP contribution in [0, 0.1) is 0 Å². The molecule has 0 spiro atoms. The van der Waals surface area contributed by atoms with Gasteiger partial charge in [0.05, 0.1) is 18.6 Å². The van der Waals surface area contributed by atoms with Crippen LogP contribution in [0.2, 0.25) is 0 Å². The fraction of sp³-hybridized carbons (Fsp3) is 0.353. The Hall–Kier alpha value is -2.52. The lowest BCUT2D eigenvalue weighted by molar-refractivity contribution is 0.101. The van der Waals surface area contributed by atoms with E-state index in [9.17, 15) is 13.2 Å². The van der Waals surface area contributed by atoms with Gasteiger partial charge in [-0.2, -0.15) is 4.31 Å². The van der Waals surface area contributed by atoms with E-state index in [-0.39, 0.29) is 23.3 Å². The third-order valence-electron chi connectivity index (χ3n) is 4.10. The van der Waals surface area contributed by atoms with E-state index in [0.29, 0.717) is 30.3 Å². The van der Waals surface area contributed by atoms with Gasteiger partial charge in [-0.05, 0) is 25.5 Å². The Morgan fingerprint density at radius 3 is 2.58 bits per heavy atom. The number of ketones is 1. The van der Waals surface area contributed by atoms with Crippen molar-refractivity contribution >= 4 is 15.8 Å². The van der Waals surface area contributed by atoms with Crippen molar-refractivity contribution in [2.24, 2.45) is 0 Å². The summed E-state index contributed by atoms with van der Waals surface area (Å²) < 4.78 is 37.6. The molecule has 1 aliphatic rings. The smallest absolute Gasteiger partial charge is 0.243 e. The minimum Gasteiger partial charge on any atom is -0.480 e. The van der Waals surface area contributed by atoms with Gasteiger partial charge in [0.15, 0.2) is 5.78 Å². The predicted molar refractivity (Wildman–Crippen MR) is 92.8 cm³/mol. The molecule has 0 radical (unpaired) electrons. The normalized spacial score (nSPS) is 17.8. The summed E-state index contributed by atoms with van der Waals surface area (Å²) in [6.07, 6.45) is 0.225. The van der Waals surface area contributed by atoms with E-state index in [0.717, 1.165) is 0 Å². The molecule has 3 rings (SSSR count). The molecule has 8 nitrogen and oxygen atoms in total. The highest BCUT2D eigenvalue weighted by molar-refractivity contribution is 7.89. The molecule has 0 amide bonds. The van der Waals surface area contributed by atoms with Gasteiger partial charge in [-0.25, -0.2) is 8.42 Å². The highest BCUT2D eigenvalue weighted by Crippen LogP contribution is 2.24. The van der Waals surface area contributed by atoms with Crippen LogP contribution in [0.3, 0.4) is 0 Å². The maximum absolute atomic E-state index is 12.8. The summed E-state index contributed by atoms with van der Waals surface area (Å²) in [4.78, 5) is 11.6. The second-order valence-corrected chi connectivity index (χ2v) is 7.83. The number of carbonyl (C=O) groups excluding carboxylic acids is 1. The summed E-state index contributed by atoms with van der Waals surface area (Å²) in [5, 5.41) is 7.71. The van der Waals surface area contributed by atoms with Crippen LogP contribution in [0.5, 0.6) is 11.8 Å². The van der Waals surface area contributed by atoms with Gasteiger partial charge in [0.25, 0.3) is 0 Å². The van der Waals surface area contributed by atoms with Crippen LogP contribution in [-0.2, 0) is 10.0 Å². The molecule has 0 bridgehead atoms. The number of methoxy groups -OCH3 is 1. The van der Waals surface area contributed by atoms with Crippen molar-refractivity contribution in [3.05, 3.63) is 42.0 Å². The summed E-state index contributed by atoms with van der Waals surface area (Å²) in [5.74, 6) is 0.509. The molecule has 138 valence electrons. The van der Waals surface area contributed by atoms with Gasteiger partial charge in [0, 0.05) is 24.2 Å². The van der Waals surface area contributed by atoms with Gasteiger partial charge in [0.1, 0.15) is 6.10 Å². The van der Waals surface area contributed by atoms with E-state index in [1.54, 1.807) is 24.3 Å². The average molecular weight is 377 g/mol. The van der Waals surface area contributed by atoms with Crippen molar-refractivity contribution in [1.82, 2.24) is 14.5 Å². The minimum absolute atomic E-state index is 0.107. The Morgan fingerprint density at radius 2 is 1.92 bits per heavy atom. The number of carbonyl (C=O) groups is 1. The molecule has 0 N–H and O–H groups in total. The number of Topliss-reactive ketones (excluding diaryl/α,β-unsaturated/α-hetero) is 1. The van der Waals surface area contributed by atoms with E-state index in [1.807, 2.05) is 0 Å². The molecule has 1 atom stereocenters. The first-order chi connectivity index (χ1) is 12.4. The van der Waals surface area contributed by atoms with Crippen LogP contribution in [0.1, 0.15) is 23.7 Å². The van der Waals surface area contributed by atoms with Crippen molar-refractivity contribution in [1.29, 1.82) is 0 Å². The van der Waals surface area contributed by atoms with Crippen LogP contribution in [0.25, 0.3) is 0 Å². The number of rotatable bonds is 6. The zero-order valence-corrected chi connectivity index (χ0v) is 15.3. The number of hydrogen-bond donors (Lipinski definition) is 0. The Morgan fingerprint density at radius 1 is 1.19 bits per heavy atom. The largest absolute Gasteiger partial charge is 0.480 e. The van der Waals surface area contributed by atoms with E-state index < -0.39 is 10.0 Å². The third kappa shape index (κ3) is 3.83. The lowest BCUT2D eigenvalue weighted by Gasteiger charge is -2.17. The summed E-state index contributed by atoms with van der Waals surface area (Å²) in [6, 6.07) is 9.31. The molecular weight excluding hydrogens is 358 g/mol. The molecule has 1 aromatic carbocycles. The maximum Gasteiger partial charge on any atom is 0.243 e. The molecule has 1 saturated heterocycles. The Labute approximate surface area is 151 Å². The summed E-state index contributed by atoms with van der Waals surface area (Å²) in [6.45, 7) is 1.95. The number of ether oxygens (including phenoxy) is 2. The molecule has 0 aliphatic carbocycles. The van der Waals surface area contributed by atoms with Crippen molar-refractivity contribution in [2.75, 3.05) is 20.2 Å². The first kappa shape index (κ1) is 18.3. The van der Waals surface area contributed by atoms with Crippen molar-refractivity contribution < 1.29 is 22.7 Å². The number of hydrogen-bond acceptors (Lipinski definition) is 7. The zero-order chi connectivity index (χ0) is 18.7. The van der Waals surface area contributed by atoms with Crippen molar-refractivity contribution in [2.45, 2.75) is 24.3 Å². The van der Waals surface area contributed by atoms with Gasteiger partial charge < -0.3 is 9.47 Å². The lowest BCUT2D eigenvalue weighted by Crippen LogP contribution is -2.31. The van der Waals surface area contributed by atoms with Gasteiger partial charge in [-0.15, -0.1) is 10.2 Å². The van der Waals surface area contributed by atoms with E-state index in [4.69, 9.17) is 9.47 Å². The molecule has 1 unspecified atom stereocenters. The second-order valence-electron chi connectivity index (χ2n) is 5.89. The highest BCUT2D eigenvalue weighted by Gasteiger charge is 2.34. The van der Waals surface area contributed by atoms with Crippen molar-refractivity contribution in [3.8, 4) is 11.8 Å². The number of aromatic nitrogens is 2. The molecule has 2 aromatic rings. The first-order valence-corrected chi connectivity index (χ1v) is 9.49. The van der Waals surface area contributed by atoms with E-state index in [2.05, 4.69) is 10.2 Å². The molecule has 0 saturated carbocycles. The topological polar surface area (TPSA) is 98.7 Å². The molecular formula is C17H19N3O5S. The van der Waals surface area contributed by atoms with Crippen LogP contribution in [0.15, 0.2) is 41.3 Å². The van der Waals surface area contributed by atoms with Gasteiger partial charge in [-0.1, -0.05) is 12.1 Å². The molecule has 1 fully saturated rings. The number of benzene rings is 1. The quantitative estimate of drug-likeness (QED) is 0.704. The Bertz CT molecular complexity index is 899. The van der Waals surface area contributed by atoms with Crippen molar-refractivity contribution in [3.63, 3.8) is 0 Å². The van der Waals surface area contributed by atoms with Gasteiger partial charge in [0.2, 0.25) is 21.8 Å². The van der Waals surface area contributed by atoms with Crippen LogP contribution >= 0.6 is 0 Å². The fourth-order valence-corrected chi connectivity index (χ4v) is 4.22. The van der Waals surface area contributed by atoms with Crippen LogP contribution in [0.4, 0.5) is 0 Å². The molecule has 2 heterocycles. The number of nitrogens with zero attached hydrogens (tertiary/aromatic N) is 3. The second kappa shape index (κ2) is 7.38. The Balaban J connectivity index is 1.70. The summed E-state index contributed by atoms with van der Waals surface area (Å²) in [7, 11) is -2.19. The molecule has 26 heavy (non-hydrogen) atoms. The van der Waals surface area contributed by atoms with E-state index >= 15 is 0 Å². The van der Waals surface area contributed by atoms with Crippen LogP contribution < -0.4 is 9.47 Å². The molecule has 1 aliphatic heterocycles. The lowest BCUT2D eigenvalue weighted by atomic mass is 10.2. The SMILES string of the molecule is COc1ccc(OC2CCN(S(=O)(=O)c3cccc(C(C)=O)c3)C2)nn1. The van der Waals surface area contributed by atoms with Crippen LogP contribution in [-0.4, -0.2) is 55.0 Å². The molecule has 9 heteroatoms. The molecule has 1 aromatic heterocycles. The minimum atomic E-state index is -3.69. The first-order valence-electron chi connectivity index (χ1n) is 8.05. The zero-order valence-electron chi connectivity index (χ0n) is 14.5. The van der Waals surface area contributed by atoms with Gasteiger partial charge in [-0.3, -0.25) is 4.79 Å². The van der Waals surface area contributed by atoms with Gasteiger partial charge >= 0.3 is 0 Å². The monoisotopic (exact) mass is 377 g/mol. The standard InChI is InChI=1S/C17H19N3O5S/c1-12(21)13-4-3-5-15(10-13)26(22,23)20-9-8-14(11-20)25-17-7-6-16(24-2)18-19-17/h3-7,10,14H,8-9,11H2,1-2H3. The number of sulfonamides is 1. The maximum atomic E-state index is 12.8. The Kier molecular flexibility index (Phi) is 5.19. The third-order valence-corrected chi connectivity index (χ3v) is 5.96. The highest BCUT2D eigenvalue weighted by atomic mass is 32.2. The average Bonchev–Trinajstić information content (AvgIpc) is 3.12. The summed E-state index contributed by atoms with van der Waals surface area (Å²) >= 11 is 0. The summed E-state index contributed by atoms with van der Waals surface area (Å²) in [5.41, 5.74) is 0.367. The van der Waals surface area contributed by atoms with E-state index in [1.165, 1.54) is 30.5 Å². The fourth-order valence-electron chi connectivity index (χ4n) is 2.69. The predicted octanol–water partition coefficient (Wildman–Crippen LogP) is 1.53.